The number of nitrogens with one attached hydrogen (secondary N) is 2. The van der Waals surface area contributed by atoms with Gasteiger partial charge in [-0.3, -0.25) is 9.59 Å². The number of rotatable bonds is 6. The van der Waals surface area contributed by atoms with Crippen LogP contribution >= 0.6 is 0 Å². The van der Waals surface area contributed by atoms with Crippen LogP contribution in [0.3, 0.4) is 0 Å². The molecule has 9 heteroatoms. The maximum atomic E-state index is 13.1. The summed E-state index contributed by atoms with van der Waals surface area (Å²) in [5, 5.41) is 16.7. The molecule has 0 radical (unpaired) electrons. The molecular formula is C32H26N6O3. The number of furan rings is 1. The minimum atomic E-state index is -0.402. The Morgan fingerprint density at radius 1 is 0.805 bits per heavy atom. The van der Waals surface area contributed by atoms with Gasteiger partial charge in [0.15, 0.2) is 5.76 Å². The van der Waals surface area contributed by atoms with Gasteiger partial charge in [-0.25, -0.2) is 10.4 Å². The molecule has 0 saturated carbocycles. The van der Waals surface area contributed by atoms with Gasteiger partial charge in [0.05, 0.1) is 22.6 Å². The number of pyridine rings is 1. The highest BCUT2D eigenvalue weighted by Gasteiger charge is 2.28. The van der Waals surface area contributed by atoms with Crippen molar-refractivity contribution in [2.75, 3.05) is 5.32 Å². The molecule has 6 rings (SSSR count). The van der Waals surface area contributed by atoms with Crippen LogP contribution in [0.1, 0.15) is 50.8 Å². The van der Waals surface area contributed by atoms with E-state index in [0.29, 0.717) is 41.3 Å². The fourth-order valence-corrected chi connectivity index (χ4v) is 4.77. The van der Waals surface area contributed by atoms with Crippen molar-refractivity contribution in [3.05, 3.63) is 119 Å². The first kappa shape index (κ1) is 25.8. The second-order valence-corrected chi connectivity index (χ2v) is 9.63. The van der Waals surface area contributed by atoms with Crippen LogP contribution in [0.2, 0.25) is 0 Å². The average Bonchev–Trinajstić information content (AvgIpc) is 3.36. The maximum Gasteiger partial charge on any atom is 0.291 e. The van der Waals surface area contributed by atoms with Crippen LogP contribution in [0.25, 0.3) is 10.9 Å². The predicted octanol–water partition coefficient (Wildman–Crippen LogP) is 7.27. The molecule has 41 heavy (non-hydrogen) atoms. The first-order valence-electron chi connectivity index (χ1n) is 13.3. The number of hydrogen-bond donors (Lipinski definition) is 2. The number of fused-ring (bicyclic) bond motifs is 2. The third-order valence-electron chi connectivity index (χ3n) is 6.82. The van der Waals surface area contributed by atoms with E-state index in [0.717, 1.165) is 28.6 Å². The number of carbonyl (C=O) groups is 2. The highest BCUT2D eigenvalue weighted by atomic mass is 16.4. The van der Waals surface area contributed by atoms with E-state index in [1.165, 1.54) is 0 Å². The molecule has 1 aliphatic rings. The van der Waals surface area contributed by atoms with Gasteiger partial charge in [0.25, 0.3) is 11.8 Å². The van der Waals surface area contributed by atoms with Gasteiger partial charge in [-0.15, -0.1) is 0 Å². The number of hydrogen-bond acceptors (Lipinski definition) is 7. The highest BCUT2D eigenvalue weighted by molar-refractivity contribution is 6.09. The van der Waals surface area contributed by atoms with Gasteiger partial charge in [0.2, 0.25) is 0 Å². The summed E-state index contributed by atoms with van der Waals surface area (Å²) in [5.41, 5.74) is 7.80. The summed E-state index contributed by atoms with van der Waals surface area (Å²) in [5.74, 6) is 0.146. The zero-order chi connectivity index (χ0) is 28.2. The fourth-order valence-electron chi connectivity index (χ4n) is 4.77. The summed E-state index contributed by atoms with van der Waals surface area (Å²) in [4.78, 5) is 30.4. The largest absolute Gasteiger partial charge is 0.455 e. The normalized spacial score (nSPS) is 13.8. The predicted molar refractivity (Wildman–Crippen MR) is 157 cm³/mol. The van der Waals surface area contributed by atoms with Crippen molar-refractivity contribution in [3.63, 3.8) is 0 Å². The second kappa shape index (κ2) is 11.4. The second-order valence-electron chi connectivity index (χ2n) is 9.63. The van der Waals surface area contributed by atoms with E-state index in [1.54, 1.807) is 30.3 Å². The van der Waals surface area contributed by atoms with Crippen molar-refractivity contribution in [1.82, 2.24) is 10.4 Å². The Morgan fingerprint density at radius 3 is 2.34 bits per heavy atom. The number of benzene rings is 3. The Bertz CT molecular complexity index is 1810. The SMILES string of the molecule is Cc1c(C(=O)Nc2ccc(N=Nc3ccccc3)cc2)oc2c1C(=NNC(=O)c1ccc3ccccc3n1)CCC2. The Balaban J connectivity index is 1.15. The van der Waals surface area contributed by atoms with Crippen LogP contribution in [0.15, 0.2) is 111 Å². The number of carbonyl (C=O) groups excluding carboxylic acids is 2. The molecule has 2 amide bonds. The highest BCUT2D eigenvalue weighted by Crippen LogP contribution is 2.30. The minimum absolute atomic E-state index is 0.222. The number of amides is 2. The van der Waals surface area contributed by atoms with Crippen molar-refractivity contribution in [2.45, 2.75) is 26.2 Å². The topological polar surface area (TPSA) is 121 Å². The Labute approximate surface area is 236 Å². The van der Waals surface area contributed by atoms with Gasteiger partial charge in [0.1, 0.15) is 11.5 Å². The zero-order valence-corrected chi connectivity index (χ0v) is 22.3. The molecule has 0 bridgehead atoms. The number of hydrazone groups is 1. The van der Waals surface area contributed by atoms with Crippen LogP contribution in [0, 0.1) is 6.92 Å². The molecule has 2 N–H and O–H groups in total. The van der Waals surface area contributed by atoms with Crippen LogP contribution in [0.5, 0.6) is 0 Å². The molecule has 0 unspecified atom stereocenters. The molecule has 0 spiro atoms. The van der Waals surface area contributed by atoms with Crippen molar-refractivity contribution >= 4 is 45.5 Å². The van der Waals surface area contributed by atoms with Gasteiger partial charge in [-0.1, -0.05) is 42.5 Å². The zero-order valence-electron chi connectivity index (χ0n) is 22.3. The van der Waals surface area contributed by atoms with Crippen LogP contribution in [-0.2, 0) is 6.42 Å². The molecule has 0 saturated heterocycles. The lowest BCUT2D eigenvalue weighted by Crippen LogP contribution is -2.23. The van der Waals surface area contributed by atoms with E-state index >= 15 is 0 Å². The summed E-state index contributed by atoms with van der Waals surface area (Å²) in [6, 6.07) is 27.7. The van der Waals surface area contributed by atoms with E-state index in [-0.39, 0.29) is 17.4 Å². The summed E-state index contributed by atoms with van der Waals surface area (Å²) in [6.07, 6.45) is 2.13. The van der Waals surface area contributed by atoms with E-state index in [1.807, 2.05) is 67.6 Å². The van der Waals surface area contributed by atoms with Gasteiger partial charge in [-0.2, -0.15) is 15.3 Å². The van der Waals surface area contributed by atoms with Gasteiger partial charge < -0.3 is 9.73 Å². The molecule has 2 aromatic heterocycles. The van der Waals surface area contributed by atoms with Crippen LogP contribution in [0.4, 0.5) is 17.1 Å². The first-order chi connectivity index (χ1) is 20.0. The first-order valence-corrected chi connectivity index (χ1v) is 13.3. The van der Waals surface area contributed by atoms with Crippen LogP contribution < -0.4 is 10.7 Å². The maximum absolute atomic E-state index is 13.1. The lowest BCUT2D eigenvalue weighted by molar-refractivity contribution is 0.0949. The number of anilines is 1. The standard InChI is InChI=1S/C32H26N6O3/c1-20-29-26(37-38-31(39)27-19-14-21-8-5-6-11-25(21)34-27)12-7-13-28(29)41-30(20)32(40)33-22-15-17-24(18-16-22)36-35-23-9-3-2-4-10-23/h2-6,8-11,14-19H,7,12-13H2,1H3,(H,33,40)(H,38,39). The monoisotopic (exact) mass is 542 g/mol. The van der Waals surface area contributed by atoms with Crippen molar-refractivity contribution in [1.29, 1.82) is 0 Å². The molecule has 3 aromatic carbocycles. The average molecular weight is 543 g/mol. The molecule has 0 fully saturated rings. The molecule has 9 nitrogen and oxygen atoms in total. The summed E-state index contributed by atoms with van der Waals surface area (Å²) in [6.45, 7) is 1.83. The smallest absolute Gasteiger partial charge is 0.291 e. The van der Waals surface area contributed by atoms with E-state index in [4.69, 9.17) is 4.42 Å². The molecule has 2 heterocycles. The molecular weight excluding hydrogens is 516 g/mol. The number of nitrogens with zero attached hydrogens (tertiary/aromatic N) is 4. The minimum Gasteiger partial charge on any atom is -0.455 e. The third-order valence-corrected chi connectivity index (χ3v) is 6.82. The quantitative estimate of drug-likeness (QED) is 0.173. The summed E-state index contributed by atoms with van der Waals surface area (Å²) in [7, 11) is 0. The fraction of sp³-hybridized carbons (Fsp3) is 0.125. The van der Waals surface area contributed by atoms with E-state index < -0.39 is 5.91 Å². The number of aryl methyl sites for hydroxylation is 1. The Hall–Kier alpha value is -5.44. The van der Waals surface area contributed by atoms with Crippen molar-refractivity contribution in [2.24, 2.45) is 15.3 Å². The molecule has 202 valence electrons. The molecule has 1 aliphatic carbocycles. The number of aromatic nitrogens is 1. The lowest BCUT2D eigenvalue weighted by atomic mass is 9.93. The number of azo groups is 1. The molecule has 0 aliphatic heterocycles. The van der Waals surface area contributed by atoms with E-state index in [9.17, 15) is 9.59 Å². The van der Waals surface area contributed by atoms with Crippen molar-refractivity contribution in [3.8, 4) is 0 Å². The molecule has 5 aromatic rings. The van der Waals surface area contributed by atoms with Crippen LogP contribution in [-0.4, -0.2) is 22.5 Å². The third kappa shape index (κ3) is 5.65. The van der Waals surface area contributed by atoms with Gasteiger partial charge in [-0.05, 0) is 68.3 Å². The Kier molecular flexibility index (Phi) is 7.15. The van der Waals surface area contributed by atoms with E-state index in [2.05, 4.69) is 31.1 Å². The molecule has 0 atom stereocenters. The lowest BCUT2D eigenvalue weighted by Gasteiger charge is -2.13. The van der Waals surface area contributed by atoms with Gasteiger partial charge >= 0.3 is 0 Å². The van der Waals surface area contributed by atoms with Gasteiger partial charge in [0, 0.05) is 28.6 Å². The summed E-state index contributed by atoms with van der Waals surface area (Å²) < 4.78 is 6.00. The summed E-state index contributed by atoms with van der Waals surface area (Å²) >= 11 is 0. The van der Waals surface area contributed by atoms with Crippen molar-refractivity contribution < 1.29 is 14.0 Å². The Morgan fingerprint density at radius 2 is 1.54 bits per heavy atom. The number of para-hydroxylation sites is 1.